The smallest absolute Gasteiger partial charge is 0.276 e. The highest BCUT2D eigenvalue weighted by atomic mass is 16.5. The van der Waals surface area contributed by atoms with Crippen LogP contribution < -0.4 is 15.4 Å². The van der Waals surface area contributed by atoms with Crippen molar-refractivity contribution in [1.82, 2.24) is 10.2 Å². The Hall–Kier alpha value is -3.41. The molecule has 0 aliphatic carbocycles. The molecule has 6 heteroatoms. The molecule has 6 nitrogen and oxygen atoms in total. The Kier molecular flexibility index (Phi) is 5.99. The fourth-order valence-corrected chi connectivity index (χ4v) is 2.54. The number of benzene rings is 2. The molecule has 1 amide bonds. The van der Waals surface area contributed by atoms with E-state index in [0.717, 1.165) is 23.4 Å². The van der Waals surface area contributed by atoms with Crippen molar-refractivity contribution in [2.45, 2.75) is 13.3 Å². The van der Waals surface area contributed by atoms with Crippen LogP contribution in [-0.4, -0.2) is 29.8 Å². The number of hydrogen-bond donors (Lipinski definition) is 2. The van der Waals surface area contributed by atoms with Gasteiger partial charge in [-0.05, 0) is 55.3 Å². The van der Waals surface area contributed by atoms with E-state index >= 15 is 0 Å². The van der Waals surface area contributed by atoms with Crippen molar-refractivity contribution in [3.8, 4) is 5.75 Å². The molecule has 27 heavy (non-hydrogen) atoms. The van der Waals surface area contributed by atoms with Crippen LogP contribution >= 0.6 is 0 Å². The molecule has 2 aromatic carbocycles. The van der Waals surface area contributed by atoms with Gasteiger partial charge in [0.15, 0.2) is 5.69 Å². The summed E-state index contributed by atoms with van der Waals surface area (Å²) in [4.78, 5) is 12.2. The summed E-state index contributed by atoms with van der Waals surface area (Å²) < 4.78 is 5.22. The maximum absolute atomic E-state index is 12.2. The number of anilines is 2. The summed E-state index contributed by atoms with van der Waals surface area (Å²) >= 11 is 0. The normalized spacial score (nSPS) is 10.3. The number of amides is 1. The van der Waals surface area contributed by atoms with E-state index in [1.54, 1.807) is 19.2 Å². The number of nitrogens with one attached hydrogen (secondary N) is 2. The van der Waals surface area contributed by atoms with Gasteiger partial charge in [0.05, 0.1) is 7.11 Å². The van der Waals surface area contributed by atoms with Crippen LogP contribution in [0.2, 0.25) is 0 Å². The molecule has 0 spiro atoms. The first-order valence-corrected chi connectivity index (χ1v) is 8.72. The van der Waals surface area contributed by atoms with Crippen molar-refractivity contribution in [3.05, 3.63) is 77.5 Å². The molecule has 3 aromatic rings. The largest absolute Gasteiger partial charge is 0.497 e. The van der Waals surface area contributed by atoms with Gasteiger partial charge in [-0.2, -0.15) is 0 Å². The number of methoxy groups -OCH3 is 1. The van der Waals surface area contributed by atoms with E-state index in [2.05, 4.69) is 20.8 Å². The van der Waals surface area contributed by atoms with E-state index in [1.165, 1.54) is 5.56 Å². The lowest BCUT2D eigenvalue weighted by atomic mass is 10.1. The van der Waals surface area contributed by atoms with Crippen LogP contribution in [0.25, 0.3) is 0 Å². The lowest BCUT2D eigenvalue weighted by Crippen LogP contribution is -2.15. The number of carbonyl (C=O) groups excluding carboxylic acids is 1. The molecule has 1 aromatic heterocycles. The second-order valence-corrected chi connectivity index (χ2v) is 6.15. The first-order chi connectivity index (χ1) is 13.1. The first kappa shape index (κ1) is 18.4. The fraction of sp³-hybridized carbons (Fsp3) is 0.190. The SMILES string of the molecule is COc1cccc(CCNc2ccc(C(=O)Nc3ccc(C)cc3)nn2)c1. The lowest BCUT2D eigenvalue weighted by Gasteiger charge is -2.08. The fourth-order valence-electron chi connectivity index (χ4n) is 2.54. The zero-order valence-electron chi connectivity index (χ0n) is 15.4. The molecule has 0 radical (unpaired) electrons. The van der Waals surface area contributed by atoms with E-state index in [9.17, 15) is 4.79 Å². The van der Waals surface area contributed by atoms with Crippen molar-refractivity contribution in [3.63, 3.8) is 0 Å². The van der Waals surface area contributed by atoms with Crippen LogP contribution in [0.1, 0.15) is 21.6 Å². The average molecular weight is 362 g/mol. The second-order valence-electron chi connectivity index (χ2n) is 6.15. The molecule has 138 valence electrons. The van der Waals surface area contributed by atoms with Crippen molar-refractivity contribution in [1.29, 1.82) is 0 Å². The highest BCUT2D eigenvalue weighted by Crippen LogP contribution is 2.13. The van der Waals surface area contributed by atoms with Gasteiger partial charge in [0.2, 0.25) is 0 Å². The molecule has 0 unspecified atom stereocenters. The molecule has 0 bridgehead atoms. The predicted octanol–water partition coefficient (Wildman–Crippen LogP) is 3.70. The molecular formula is C21H22N4O2. The number of rotatable bonds is 7. The number of ether oxygens (including phenoxy) is 1. The molecule has 0 aliphatic heterocycles. The third kappa shape index (κ3) is 5.28. The maximum Gasteiger partial charge on any atom is 0.276 e. The minimum Gasteiger partial charge on any atom is -0.497 e. The van der Waals surface area contributed by atoms with E-state index in [-0.39, 0.29) is 11.6 Å². The van der Waals surface area contributed by atoms with Crippen molar-refractivity contribution in [2.75, 3.05) is 24.3 Å². The number of aryl methyl sites for hydroxylation is 1. The summed E-state index contributed by atoms with van der Waals surface area (Å²) in [6.45, 7) is 2.70. The van der Waals surface area contributed by atoms with Gasteiger partial charge in [0.25, 0.3) is 5.91 Å². The Morgan fingerprint density at radius 2 is 1.85 bits per heavy atom. The Morgan fingerprint density at radius 1 is 1.04 bits per heavy atom. The van der Waals surface area contributed by atoms with E-state index in [4.69, 9.17) is 4.74 Å². The lowest BCUT2D eigenvalue weighted by molar-refractivity contribution is 0.102. The molecule has 0 saturated heterocycles. The third-order valence-electron chi connectivity index (χ3n) is 4.06. The van der Waals surface area contributed by atoms with Gasteiger partial charge >= 0.3 is 0 Å². The van der Waals surface area contributed by atoms with Gasteiger partial charge in [-0.3, -0.25) is 4.79 Å². The van der Waals surface area contributed by atoms with Crippen molar-refractivity contribution in [2.24, 2.45) is 0 Å². The Labute approximate surface area is 158 Å². The van der Waals surface area contributed by atoms with Gasteiger partial charge in [-0.25, -0.2) is 0 Å². The monoisotopic (exact) mass is 362 g/mol. The van der Waals surface area contributed by atoms with Gasteiger partial charge in [-0.1, -0.05) is 29.8 Å². The van der Waals surface area contributed by atoms with Crippen molar-refractivity contribution < 1.29 is 9.53 Å². The molecular weight excluding hydrogens is 340 g/mol. The number of hydrogen-bond acceptors (Lipinski definition) is 5. The summed E-state index contributed by atoms with van der Waals surface area (Å²) in [5, 5.41) is 14.1. The quantitative estimate of drug-likeness (QED) is 0.670. The topological polar surface area (TPSA) is 76.1 Å². The second kappa shape index (κ2) is 8.80. The van der Waals surface area contributed by atoms with Crippen LogP contribution in [0.5, 0.6) is 5.75 Å². The van der Waals surface area contributed by atoms with Gasteiger partial charge < -0.3 is 15.4 Å². The van der Waals surface area contributed by atoms with Crippen LogP contribution in [0, 0.1) is 6.92 Å². The summed E-state index contributed by atoms with van der Waals surface area (Å²) in [5.74, 6) is 1.19. The minimum absolute atomic E-state index is 0.272. The highest BCUT2D eigenvalue weighted by molar-refractivity contribution is 6.02. The summed E-state index contributed by atoms with van der Waals surface area (Å²) in [5.41, 5.74) is 3.31. The van der Waals surface area contributed by atoms with Crippen LogP contribution in [0.15, 0.2) is 60.7 Å². The molecule has 3 rings (SSSR count). The molecule has 2 N–H and O–H groups in total. The minimum atomic E-state index is -0.283. The molecule has 0 atom stereocenters. The van der Waals surface area contributed by atoms with Crippen LogP contribution in [0.4, 0.5) is 11.5 Å². The standard InChI is InChI=1S/C21H22N4O2/c1-15-6-8-17(9-7-15)23-21(26)19-10-11-20(25-24-19)22-13-12-16-4-3-5-18(14-16)27-2/h3-11,14H,12-13H2,1-2H3,(H,22,25)(H,23,26). The Bertz CT molecular complexity index is 893. The number of nitrogens with zero attached hydrogens (tertiary/aromatic N) is 2. The van der Waals surface area contributed by atoms with Crippen LogP contribution in [-0.2, 0) is 6.42 Å². The zero-order valence-corrected chi connectivity index (χ0v) is 15.4. The number of aromatic nitrogens is 2. The summed E-state index contributed by atoms with van der Waals surface area (Å²) in [7, 11) is 1.66. The summed E-state index contributed by atoms with van der Waals surface area (Å²) in [6, 6.07) is 18.9. The van der Waals surface area contributed by atoms with Crippen LogP contribution in [0.3, 0.4) is 0 Å². The Balaban J connectivity index is 1.52. The summed E-state index contributed by atoms with van der Waals surface area (Å²) in [6.07, 6.45) is 0.828. The third-order valence-corrected chi connectivity index (χ3v) is 4.06. The first-order valence-electron chi connectivity index (χ1n) is 8.72. The Morgan fingerprint density at radius 3 is 2.56 bits per heavy atom. The van der Waals surface area contributed by atoms with Crippen molar-refractivity contribution >= 4 is 17.4 Å². The molecule has 1 heterocycles. The number of carbonyl (C=O) groups is 1. The zero-order chi connectivity index (χ0) is 19.1. The predicted molar refractivity (Wildman–Crippen MR) is 106 cm³/mol. The molecule has 0 saturated carbocycles. The van der Waals surface area contributed by atoms with E-state index in [1.807, 2.05) is 55.5 Å². The van der Waals surface area contributed by atoms with E-state index < -0.39 is 0 Å². The van der Waals surface area contributed by atoms with Gasteiger partial charge in [0, 0.05) is 12.2 Å². The van der Waals surface area contributed by atoms with Gasteiger partial charge in [0.1, 0.15) is 11.6 Å². The molecule has 0 fully saturated rings. The maximum atomic E-state index is 12.2. The van der Waals surface area contributed by atoms with E-state index in [0.29, 0.717) is 12.4 Å². The molecule has 0 aliphatic rings. The highest BCUT2D eigenvalue weighted by Gasteiger charge is 2.08. The average Bonchev–Trinajstić information content (AvgIpc) is 2.70. The van der Waals surface area contributed by atoms with Gasteiger partial charge in [-0.15, -0.1) is 10.2 Å².